The highest BCUT2D eigenvalue weighted by Gasteiger charge is 2.16. The number of nitrogens with one attached hydrogen (secondary N) is 1. The fraction of sp³-hybridized carbons (Fsp3) is 0.462. The maximum atomic E-state index is 5.82. The second-order valence-electron chi connectivity index (χ2n) is 4.47. The number of aliphatic imine (C=N–C) groups is 1. The van der Waals surface area contributed by atoms with E-state index in [1.54, 1.807) is 0 Å². The fourth-order valence-electron chi connectivity index (χ4n) is 1.80. The molecule has 92 valence electrons. The molecule has 1 saturated carbocycles. The second kappa shape index (κ2) is 6.05. The van der Waals surface area contributed by atoms with Gasteiger partial charge in [0.1, 0.15) is 0 Å². The molecule has 0 aromatic heterocycles. The Bertz CT molecular complexity index is 399. The molecule has 4 heteroatoms. The van der Waals surface area contributed by atoms with Gasteiger partial charge in [0, 0.05) is 11.0 Å². The average molecular weight is 296 g/mol. The van der Waals surface area contributed by atoms with E-state index in [9.17, 15) is 0 Å². The SMILES string of the molecule is NC(=NCc1ccccc1Br)NCC1CCC1. The highest BCUT2D eigenvalue weighted by molar-refractivity contribution is 9.10. The average Bonchev–Trinajstić information content (AvgIpc) is 2.26. The number of hydrogen-bond donors (Lipinski definition) is 2. The summed E-state index contributed by atoms with van der Waals surface area (Å²) in [6, 6.07) is 8.07. The van der Waals surface area contributed by atoms with Crippen molar-refractivity contribution in [2.24, 2.45) is 16.6 Å². The highest BCUT2D eigenvalue weighted by atomic mass is 79.9. The lowest BCUT2D eigenvalue weighted by Gasteiger charge is -2.25. The van der Waals surface area contributed by atoms with Crippen LogP contribution in [0.4, 0.5) is 0 Å². The van der Waals surface area contributed by atoms with Crippen LogP contribution in [-0.4, -0.2) is 12.5 Å². The third-order valence-electron chi connectivity index (χ3n) is 3.17. The molecule has 0 atom stereocenters. The van der Waals surface area contributed by atoms with Crippen LogP contribution in [0.5, 0.6) is 0 Å². The summed E-state index contributed by atoms with van der Waals surface area (Å²) in [7, 11) is 0. The minimum atomic E-state index is 0.549. The Morgan fingerprint density at radius 3 is 2.82 bits per heavy atom. The van der Waals surface area contributed by atoms with Crippen LogP contribution in [0.15, 0.2) is 33.7 Å². The van der Waals surface area contributed by atoms with Gasteiger partial charge in [0.15, 0.2) is 5.96 Å². The quantitative estimate of drug-likeness (QED) is 0.663. The van der Waals surface area contributed by atoms with Gasteiger partial charge in [-0.3, -0.25) is 0 Å². The highest BCUT2D eigenvalue weighted by Crippen LogP contribution is 2.25. The van der Waals surface area contributed by atoms with E-state index in [0.29, 0.717) is 12.5 Å². The molecule has 0 radical (unpaired) electrons. The van der Waals surface area contributed by atoms with E-state index in [0.717, 1.165) is 22.5 Å². The van der Waals surface area contributed by atoms with Crippen LogP contribution in [0.1, 0.15) is 24.8 Å². The predicted molar refractivity (Wildman–Crippen MR) is 74.8 cm³/mol. The molecule has 0 saturated heterocycles. The van der Waals surface area contributed by atoms with Crippen molar-refractivity contribution in [1.29, 1.82) is 0 Å². The molecule has 0 spiro atoms. The van der Waals surface area contributed by atoms with Crippen molar-refractivity contribution >= 4 is 21.9 Å². The van der Waals surface area contributed by atoms with Crippen LogP contribution >= 0.6 is 15.9 Å². The Morgan fingerprint density at radius 1 is 1.41 bits per heavy atom. The van der Waals surface area contributed by atoms with E-state index in [4.69, 9.17) is 5.73 Å². The topological polar surface area (TPSA) is 50.4 Å². The number of rotatable bonds is 4. The van der Waals surface area contributed by atoms with Gasteiger partial charge in [-0.2, -0.15) is 0 Å². The van der Waals surface area contributed by atoms with Crippen LogP contribution in [0.3, 0.4) is 0 Å². The van der Waals surface area contributed by atoms with Crippen LogP contribution in [-0.2, 0) is 6.54 Å². The molecule has 1 fully saturated rings. The molecule has 1 aliphatic carbocycles. The largest absolute Gasteiger partial charge is 0.370 e. The summed E-state index contributed by atoms with van der Waals surface area (Å²) in [5, 5.41) is 3.19. The molecular formula is C13H18BrN3. The van der Waals surface area contributed by atoms with Gasteiger partial charge < -0.3 is 11.1 Å². The van der Waals surface area contributed by atoms with E-state index in [1.807, 2.05) is 24.3 Å². The Morgan fingerprint density at radius 2 is 2.18 bits per heavy atom. The molecular weight excluding hydrogens is 278 g/mol. The fourth-order valence-corrected chi connectivity index (χ4v) is 2.21. The normalized spacial score (nSPS) is 16.6. The Balaban J connectivity index is 1.80. The first-order valence-corrected chi connectivity index (χ1v) is 6.82. The Kier molecular flexibility index (Phi) is 4.42. The van der Waals surface area contributed by atoms with Crippen molar-refractivity contribution in [1.82, 2.24) is 5.32 Å². The molecule has 0 amide bonds. The van der Waals surface area contributed by atoms with Gasteiger partial charge in [0.05, 0.1) is 6.54 Å². The Hall–Kier alpha value is -1.03. The van der Waals surface area contributed by atoms with Crippen LogP contribution in [0.25, 0.3) is 0 Å². The van der Waals surface area contributed by atoms with Gasteiger partial charge in [-0.15, -0.1) is 0 Å². The van der Waals surface area contributed by atoms with E-state index in [2.05, 4.69) is 26.2 Å². The summed E-state index contributed by atoms with van der Waals surface area (Å²) in [6.45, 7) is 1.58. The first-order valence-electron chi connectivity index (χ1n) is 6.03. The molecule has 0 unspecified atom stereocenters. The first-order chi connectivity index (χ1) is 8.25. The number of halogens is 1. The van der Waals surface area contributed by atoms with E-state index in [-0.39, 0.29) is 0 Å². The first kappa shape index (κ1) is 12.4. The van der Waals surface area contributed by atoms with Crippen molar-refractivity contribution in [2.75, 3.05) is 6.54 Å². The second-order valence-corrected chi connectivity index (χ2v) is 5.33. The minimum absolute atomic E-state index is 0.549. The Labute approximate surface area is 111 Å². The lowest BCUT2D eigenvalue weighted by atomic mass is 9.85. The molecule has 17 heavy (non-hydrogen) atoms. The molecule has 1 aliphatic rings. The zero-order chi connectivity index (χ0) is 12.1. The van der Waals surface area contributed by atoms with Gasteiger partial charge in [-0.25, -0.2) is 4.99 Å². The van der Waals surface area contributed by atoms with Crippen LogP contribution in [0, 0.1) is 5.92 Å². The number of guanidine groups is 1. The zero-order valence-electron chi connectivity index (χ0n) is 9.82. The van der Waals surface area contributed by atoms with Crippen molar-refractivity contribution in [2.45, 2.75) is 25.8 Å². The van der Waals surface area contributed by atoms with E-state index < -0.39 is 0 Å². The van der Waals surface area contributed by atoms with Gasteiger partial charge in [0.2, 0.25) is 0 Å². The number of hydrogen-bond acceptors (Lipinski definition) is 1. The summed E-state index contributed by atoms with van der Waals surface area (Å²) in [6.07, 6.45) is 4.01. The summed E-state index contributed by atoms with van der Waals surface area (Å²) < 4.78 is 1.08. The molecule has 1 aromatic rings. The van der Waals surface area contributed by atoms with Crippen molar-refractivity contribution < 1.29 is 0 Å². The van der Waals surface area contributed by atoms with Crippen LogP contribution < -0.4 is 11.1 Å². The predicted octanol–water partition coefficient (Wildman–Crippen LogP) is 2.65. The van der Waals surface area contributed by atoms with Gasteiger partial charge in [0.25, 0.3) is 0 Å². The minimum Gasteiger partial charge on any atom is -0.370 e. The lowest BCUT2D eigenvalue weighted by Crippen LogP contribution is -2.37. The number of nitrogens with two attached hydrogens (primary N) is 1. The molecule has 2 rings (SSSR count). The molecule has 0 heterocycles. The molecule has 0 bridgehead atoms. The summed E-state index contributed by atoms with van der Waals surface area (Å²) in [5.41, 5.74) is 6.98. The summed E-state index contributed by atoms with van der Waals surface area (Å²) >= 11 is 3.50. The van der Waals surface area contributed by atoms with E-state index in [1.165, 1.54) is 19.3 Å². The van der Waals surface area contributed by atoms with Gasteiger partial charge in [-0.1, -0.05) is 40.5 Å². The summed E-state index contributed by atoms with van der Waals surface area (Å²) in [4.78, 5) is 4.34. The van der Waals surface area contributed by atoms with Gasteiger partial charge in [-0.05, 0) is 30.4 Å². The van der Waals surface area contributed by atoms with Crippen molar-refractivity contribution in [3.63, 3.8) is 0 Å². The lowest BCUT2D eigenvalue weighted by molar-refractivity contribution is 0.315. The summed E-state index contributed by atoms with van der Waals surface area (Å²) in [5.74, 6) is 1.35. The third kappa shape index (κ3) is 3.73. The van der Waals surface area contributed by atoms with Crippen LogP contribution in [0.2, 0.25) is 0 Å². The standard InChI is InChI=1S/C13H18BrN3/c14-12-7-2-1-6-11(12)9-17-13(15)16-8-10-4-3-5-10/h1-2,6-7,10H,3-5,8-9H2,(H3,15,16,17). The van der Waals surface area contributed by atoms with Crippen molar-refractivity contribution in [3.05, 3.63) is 34.3 Å². The van der Waals surface area contributed by atoms with E-state index >= 15 is 0 Å². The smallest absolute Gasteiger partial charge is 0.188 e. The number of benzene rings is 1. The zero-order valence-corrected chi connectivity index (χ0v) is 11.4. The van der Waals surface area contributed by atoms with Gasteiger partial charge >= 0.3 is 0 Å². The molecule has 1 aromatic carbocycles. The molecule has 0 aliphatic heterocycles. The molecule has 3 N–H and O–H groups in total. The maximum Gasteiger partial charge on any atom is 0.188 e. The molecule has 3 nitrogen and oxygen atoms in total. The monoisotopic (exact) mass is 295 g/mol. The van der Waals surface area contributed by atoms with Crippen molar-refractivity contribution in [3.8, 4) is 0 Å². The number of nitrogens with zero attached hydrogens (tertiary/aromatic N) is 1. The maximum absolute atomic E-state index is 5.82. The third-order valence-corrected chi connectivity index (χ3v) is 3.95.